The van der Waals surface area contributed by atoms with Crippen molar-refractivity contribution in [2.75, 3.05) is 19.6 Å². The van der Waals surface area contributed by atoms with Crippen LogP contribution < -0.4 is 5.32 Å². The lowest BCUT2D eigenvalue weighted by atomic mass is 10.2. The van der Waals surface area contributed by atoms with Crippen LogP contribution >= 0.6 is 47.8 Å². The molecule has 0 aliphatic carbocycles. The molecule has 0 radical (unpaired) electrons. The SMILES string of the molecule is C[C@H]1CNCCN1C(=O)c1csc(-c2cccc(Cl)c2)n1.Cl.Cl. The number of carbonyl (C=O) groups excluding carboxylic acids is 1. The molecule has 1 N–H and O–H groups in total. The van der Waals surface area contributed by atoms with Crippen molar-refractivity contribution < 1.29 is 4.79 Å². The maximum Gasteiger partial charge on any atom is 0.273 e. The zero-order chi connectivity index (χ0) is 14.8. The Bertz CT molecular complexity index is 665. The smallest absolute Gasteiger partial charge is 0.273 e. The van der Waals surface area contributed by atoms with Gasteiger partial charge in [-0.3, -0.25) is 4.79 Å². The molecule has 1 aromatic heterocycles. The third-order valence-corrected chi connectivity index (χ3v) is 4.68. The van der Waals surface area contributed by atoms with Gasteiger partial charge in [-0.05, 0) is 19.1 Å². The molecule has 1 fully saturated rings. The number of benzene rings is 1. The van der Waals surface area contributed by atoms with Gasteiger partial charge < -0.3 is 10.2 Å². The largest absolute Gasteiger partial charge is 0.332 e. The molecule has 0 spiro atoms. The summed E-state index contributed by atoms with van der Waals surface area (Å²) in [5.41, 5.74) is 1.46. The van der Waals surface area contributed by atoms with Crippen LogP contribution in [0.5, 0.6) is 0 Å². The summed E-state index contributed by atoms with van der Waals surface area (Å²) in [6, 6.07) is 7.73. The highest BCUT2D eigenvalue weighted by molar-refractivity contribution is 7.13. The number of nitrogens with one attached hydrogen (secondary N) is 1. The second kappa shape index (κ2) is 8.85. The van der Waals surface area contributed by atoms with Crippen LogP contribution in [-0.2, 0) is 0 Å². The molecule has 23 heavy (non-hydrogen) atoms. The van der Waals surface area contributed by atoms with Gasteiger partial charge in [-0.15, -0.1) is 36.2 Å². The van der Waals surface area contributed by atoms with E-state index in [0.717, 1.165) is 30.2 Å². The fourth-order valence-corrected chi connectivity index (χ4v) is 3.40. The Balaban J connectivity index is 0.00000132. The van der Waals surface area contributed by atoms with Crippen LogP contribution in [0.15, 0.2) is 29.6 Å². The molecule has 3 rings (SSSR count). The number of amides is 1. The van der Waals surface area contributed by atoms with Crippen molar-refractivity contribution in [2.45, 2.75) is 13.0 Å². The van der Waals surface area contributed by atoms with E-state index >= 15 is 0 Å². The molecule has 1 atom stereocenters. The molecule has 2 heterocycles. The predicted octanol–water partition coefficient (Wildman–Crippen LogP) is 3.74. The molecule has 0 bridgehead atoms. The number of aromatic nitrogens is 1. The third-order valence-electron chi connectivity index (χ3n) is 3.56. The standard InChI is InChI=1S/C15H16ClN3OS.2ClH/c1-10-8-17-5-6-19(10)15(20)13-9-21-14(18-13)11-3-2-4-12(16)7-11;;/h2-4,7,9-10,17H,5-6,8H2,1H3;2*1H/t10-;;/m0../s1. The Morgan fingerprint density at radius 1 is 1.43 bits per heavy atom. The van der Waals surface area contributed by atoms with Crippen LogP contribution in [-0.4, -0.2) is 41.5 Å². The van der Waals surface area contributed by atoms with E-state index < -0.39 is 0 Å². The number of halogens is 3. The first-order valence-corrected chi connectivity index (χ1v) is 8.14. The Morgan fingerprint density at radius 2 is 2.22 bits per heavy atom. The number of rotatable bonds is 2. The first kappa shape index (κ1) is 20.2. The molecular formula is C15H18Cl3N3OS. The molecule has 1 aromatic carbocycles. The van der Waals surface area contributed by atoms with Gasteiger partial charge in [-0.25, -0.2) is 4.98 Å². The van der Waals surface area contributed by atoms with Gasteiger partial charge in [0.1, 0.15) is 10.7 Å². The van der Waals surface area contributed by atoms with Crippen molar-refractivity contribution in [3.8, 4) is 10.6 Å². The number of piperazine rings is 1. The zero-order valence-electron chi connectivity index (χ0n) is 12.5. The number of hydrogen-bond donors (Lipinski definition) is 1. The molecule has 1 amide bonds. The van der Waals surface area contributed by atoms with E-state index in [2.05, 4.69) is 10.3 Å². The third kappa shape index (κ3) is 4.58. The summed E-state index contributed by atoms with van der Waals surface area (Å²) in [6.45, 7) is 4.44. The highest BCUT2D eigenvalue weighted by Gasteiger charge is 2.25. The van der Waals surface area contributed by atoms with Crippen LogP contribution in [0.3, 0.4) is 0 Å². The van der Waals surface area contributed by atoms with Crippen LogP contribution in [0.4, 0.5) is 0 Å². The summed E-state index contributed by atoms with van der Waals surface area (Å²) in [6.07, 6.45) is 0. The summed E-state index contributed by atoms with van der Waals surface area (Å²) in [7, 11) is 0. The number of thiazole rings is 1. The number of carbonyl (C=O) groups is 1. The summed E-state index contributed by atoms with van der Waals surface area (Å²) in [5, 5.41) is 6.60. The minimum atomic E-state index is 0. The summed E-state index contributed by atoms with van der Waals surface area (Å²) in [5.74, 6) is 0.00790. The lowest BCUT2D eigenvalue weighted by Crippen LogP contribution is -2.52. The Hall–Kier alpha value is -0.850. The number of nitrogens with zero attached hydrogens (tertiary/aromatic N) is 2. The van der Waals surface area contributed by atoms with Gasteiger partial charge in [0.2, 0.25) is 0 Å². The van der Waals surface area contributed by atoms with Crippen molar-refractivity contribution in [1.29, 1.82) is 0 Å². The highest BCUT2D eigenvalue weighted by atomic mass is 35.5. The van der Waals surface area contributed by atoms with Gasteiger partial charge in [0.15, 0.2) is 0 Å². The maximum atomic E-state index is 12.5. The van der Waals surface area contributed by atoms with E-state index in [-0.39, 0.29) is 36.8 Å². The molecule has 1 aliphatic rings. The second-order valence-electron chi connectivity index (χ2n) is 5.10. The van der Waals surface area contributed by atoms with E-state index in [0.29, 0.717) is 10.7 Å². The molecule has 1 aliphatic heterocycles. The average Bonchev–Trinajstić information content (AvgIpc) is 2.97. The van der Waals surface area contributed by atoms with Crippen molar-refractivity contribution in [3.63, 3.8) is 0 Å². The molecule has 8 heteroatoms. The van der Waals surface area contributed by atoms with E-state index in [9.17, 15) is 4.79 Å². The first-order valence-electron chi connectivity index (χ1n) is 6.88. The fourth-order valence-electron chi connectivity index (χ4n) is 2.42. The van der Waals surface area contributed by atoms with Crippen LogP contribution in [0, 0.1) is 0 Å². The van der Waals surface area contributed by atoms with Crippen molar-refractivity contribution in [2.24, 2.45) is 0 Å². The second-order valence-corrected chi connectivity index (χ2v) is 6.39. The fraction of sp³-hybridized carbons (Fsp3) is 0.333. The normalized spacial score (nSPS) is 17.1. The summed E-state index contributed by atoms with van der Waals surface area (Å²) in [4.78, 5) is 18.9. The van der Waals surface area contributed by atoms with Gasteiger partial charge in [0.05, 0.1) is 0 Å². The Labute approximate surface area is 157 Å². The van der Waals surface area contributed by atoms with Gasteiger partial charge in [-0.2, -0.15) is 0 Å². The van der Waals surface area contributed by atoms with E-state index in [1.807, 2.05) is 41.5 Å². The van der Waals surface area contributed by atoms with E-state index in [1.54, 1.807) is 0 Å². The molecule has 4 nitrogen and oxygen atoms in total. The van der Waals surface area contributed by atoms with E-state index in [4.69, 9.17) is 11.6 Å². The maximum absolute atomic E-state index is 12.5. The molecule has 2 aromatic rings. The molecule has 0 saturated carbocycles. The molecule has 126 valence electrons. The molecule has 1 saturated heterocycles. The predicted molar refractivity (Wildman–Crippen MR) is 100 cm³/mol. The van der Waals surface area contributed by atoms with Gasteiger partial charge in [-0.1, -0.05) is 23.7 Å². The molecule has 0 unspecified atom stereocenters. The minimum absolute atomic E-state index is 0. The van der Waals surface area contributed by atoms with Crippen molar-refractivity contribution >= 4 is 53.7 Å². The Morgan fingerprint density at radius 3 is 2.91 bits per heavy atom. The van der Waals surface area contributed by atoms with Gasteiger partial charge in [0.25, 0.3) is 5.91 Å². The van der Waals surface area contributed by atoms with Gasteiger partial charge in [0, 0.05) is 41.6 Å². The molecular weight excluding hydrogens is 377 g/mol. The van der Waals surface area contributed by atoms with Crippen molar-refractivity contribution in [1.82, 2.24) is 15.2 Å². The average molecular weight is 395 g/mol. The van der Waals surface area contributed by atoms with Crippen LogP contribution in [0.25, 0.3) is 10.6 Å². The van der Waals surface area contributed by atoms with Crippen LogP contribution in [0.2, 0.25) is 5.02 Å². The Kier molecular flexibility index (Phi) is 7.77. The van der Waals surface area contributed by atoms with Crippen LogP contribution in [0.1, 0.15) is 17.4 Å². The van der Waals surface area contributed by atoms with E-state index in [1.165, 1.54) is 11.3 Å². The summed E-state index contributed by atoms with van der Waals surface area (Å²) >= 11 is 7.47. The van der Waals surface area contributed by atoms with Gasteiger partial charge >= 0.3 is 0 Å². The number of hydrogen-bond acceptors (Lipinski definition) is 4. The monoisotopic (exact) mass is 393 g/mol. The van der Waals surface area contributed by atoms with Crippen molar-refractivity contribution in [3.05, 3.63) is 40.4 Å². The topological polar surface area (TPSA) is 45.2 Å². The quantitative estimate of drug-likeness (QED) is 0.844. The minimum Gasteiger partial charge on any atom is -0.332 e. The highest BCUT2D eigenvalue weighted by Crippen LogP contribution is 2.26. The zero-order valence-corrected chi connectivity index (χ0v) is 15.7. The summed E-state index contributed by atoms with van der Waals surface area (Å²) < 4.78 is 0. The lowest BCUT2D eigenvalue weighted by Gasteiger charge is -2.33. The lowest BCUT2D eigenvalue weighted by molar-refractivity contribution is 0.0650. The first-order chi connectivity index (χ1) is 10.1.